The second-order valence-electron chi connectivity index (χ2n) is 2.29. The molecule has 0 saturated carbocycles. The molecule has 13 heavy (non-hydrogen) atoms. The summed E-state index contributed by atoms with van der Waals surface area (Å²) in [5.41, 5.74) is 0.500. The molecule has 0 heterocycles. The molecule has 0 spiro atoms. The van der Waals surface area contributed by atoms with Crippen LogP contribution < -0.4 is 0 Å². The molecule has 1 atom stereocenters. The fraction of sp³-hybridized carbons (Fsp3) is 0.250. The Kier molecular flexibility index (Phi) is 3.55. The largest absolute Gasteiger partial charge is 0.523 e. The van der Waals surface area contributed by atoms with E-state index in [2.05, 4.69) is 4.74 Å². The van der Waals surface area contributed by atoms with Crippen molar-refractivity contribution in [1.29, 1.82) is 0 Å². The first-order valence-corrected chi connectivity index (χ1v) is 4.67. The normalized spacial score (nSPS) is 14.2. The van der Waals surface area contributed by atoms with Crippen LogP contribution in [0.4, 0.5) is 13.2 Å². The van der Waals surface area contributed by atoms with Crippen LogP contribution >= 0.6 is 22.6 Å². The maximum absolute atomic E-state index is 11.8. The molecular formula is C8H6F3IO. The number of halogens is 4. The third-order valence-electron chi connectivity index (χ3n) is 1.30. The van der Waals surface area contributed by atoms with Crippen molar-refractivity contribution in [3.8, 4) is 0 Å². The SMILES string of the molecule is FC(F)(F)OC(I)c1ccccc1. The predicted molar refractivity (Wildman–Crippen MR) is 50.3 cm³/mol. The molecule has 0 aliphatic rings. The van der Waals surface area contributed by atoms with Gasteiger partial charge in [0.2, 0.25) is 0 Å². The second kappa shape index (κ2) is 4.28. The van der Waals surface area contributed by atoms with Gasteiger partial charge in [-0.3, -0.25) is 4.74 Å². The third kappa shape index (κ3) is 3.95. The van der Waals surface area contributed by atoms with Crippen molar-refractivity contribution in [3.05, 3.63) is 35.9 Å². The summed E-state index contributed by atoms with van der Waals surface area (Å²) < 4.78 is 38.1. The number of alkyl halides is 4. The van der Waals surface area contributed by atoms with E-state index in [4.69, 9.17) is 0 Å². The van der Waals surface area contributed by atoms with Crippen molar-refractivity contribution in [2.45, 2.75) is 10.5 Å². The van der Waals surface area contributed by atoms with Crippen molar-refractivity contribution >= 4 is 22.6 Å². The maximum Gasteiger partial charge on any atom is 0.523 e. The first-order valence-electron chi connectivity index (χ1n) is 3.42. The summed E-state index contributed by atoms with van der Waals surface area (Å²) in [5.74, 6) is 0. The highest BCUT2D eigenvalue weighted by atomic mass is 127. The molecule has 0 radical (unpaired) electrons. The molecule has 72 valence electrons. The van der Waals surface area contributed by atoms with Gasteiger partial charge in [0, 0.05) is 0 Å². The number of ether oxygens (including phenoxy) is 1. The highest BCUT2D eigenvalue weighted by Gasteiger charge is 2.32. The summed E-state index contributed by atoms with van der Waals surface area (Å²) in [6.07, 6.45) is -4.58. The van der Waals surface area contributed by atoms with Crippen LogP contribution in [-0.4, -0.2) is 6.36 Å². The van der Waals surface area contributed by atoms with Crippen LogP contribution in [0, 0.1) is 0 Å². The minimum Gasteiger partial charge on any atom is -0.273 e. The van der Waals surface area contributed by atoms with Crippen LogP contribution in [0.2, 0.25) is 0 Å². The summed E-state index contributed by atoms with van der Waals surface area (Å²) in [6, 6.07) is 8.24. The molecule has 1 unspecified atom stereocenters. The lowest BCUT2D eigenvalue weighted by Gasteiger charge is -2.13. The van der Waals surface area contributed by atoms with Gasteiger partial charge >= 0.3 is 6.36 Å². The quantitative estimate of drug-likeness (QED) is 0.598. The number of hydrogen-bond donors (Lipinski definition) is 0. The van der Waals surface area contributed by atoms with E-state index in [0.717, 1.165) is 0 Å². The van der Waals surface area contributed by atoms with E-state index in [-0.39, 0.29) is 0 Å². The van der Waals surface area contributed by atoms with Crippen LogP contribution in [0.5, 0.6) is 0 Å². The first kappa shape index (κ1) is 10.8. The van der Waals surface area contributed by atoms with E-state index in [1.54, 1.807) is 52.9 Å². The van der Waals surface area contributed by atoms with Gasteiger partial charge in [0.1, 0.15) is 4.11 Å². The van der Waals surface area contributed by atoms with Gasteiger partial charge < -0.3 is 0 Å². The van der Waals surface area contributed by atoms with Gasteiger partial charge in [0.05, 0.1) is 0 Å². The lowest BCUT2D eigenvalue weighted by Crippen LogP contribution is -2.14. The van der Waals surface area contributed by atoms with E-state index in [9.17, 15) is 13.2 Å². The highest BCUT2D eigenvalue weighted by molar-refractivity contribution is 14.1. The average molecular weight is 302 g/mol. The molecular weight excluding hydrogens is 296 g/mol. The maximum atomic E-state index is 11.8. The summed E-state index contributed by atoms with van der Waals surface area (Å²) in [7, 11) is 0. The summed E-state index contributed by atoms with van der Waals surface area (Å²) in [4.78, 5) is 0. The molecule has 1 aromatic carbocycles. The third-order valence-corrected chi connectivity index (χ3v) is 2.27. The molecule has 0 aliphatic heterocycles. The molecule has 0 N–H and O–H groups in total. The molecule has 5 heteroatoms. The Morgan fingerprint density at radius 1 is 1.15 bits per heavy atom. The molecule has 0 aliphatic carbocycles. The standard InChI is InChI=1S/C8H6F3IO/c9-8(10,11)13-7(12)6-4-2-1-3-5-6/h1-5,7H. The second-order valence-corrected chi connectivity index (χ2v) is 3.42. The summed E-state index contributed by atoms with van der Waals surface area (Å²) in [6.45, 7) is 0. The zero-order chi connectivity index (χ0) is 9.90. The van der Waals surface area contributed by atoms with Gasteiger partial charge in [-0.15, -0.1) is 13.2 Å². The lowest BCUT2D eigenvalue weighted by atomic mass is 10.2. The van der Waals surface area contributed by atoms with E-state index >= 15 is 0 Å². The Morgan fingerprint density at radius 3 is 2.15 bits per heavy atom. The van der Waals surface area contributed by atoms with E-state index in [1.165, 1.54) is 0 Å². The molecule has 0 fully saturated rings. The van der Waals surface area contributed by atoms with E-state index < -0.39 is 10.5 Å². The van der Waals surface area contributed by atoms with Crippen molar-refractivity contribution in [2.75, 3.05) is 0 Å². The van der Waals surface area contributed by atoms with Gasteiger partial charge in [-0.2, -0.15) is 0 Å². The van der Waals surface area contributed by atoms with Gasteiger partial charge in [-0.05, 0) is 28.2 Å². The van der Waals surface area contributed by atoms with Crippen LogP contribution in [0.25, 0.3) is 0 Å². The molecule has 1 rings (SSSR count). The highest BCUT2D eigenvalue weighted by Crippen LogP contribution is 2.32. The molecule has 0 bridgehead atoms. The number of rotatable bonds is 2. The first-order chi connectivity index (χ1) is 5.99. The average Bonchev–Trinajstić information content (AvgIpc) is 2.03. The molecule has 0 aromatic heterocycles. The summed E-state index contributed by atoms with van der Waals surface area (Å²) in [5, 5.41) is 0. The van der Waals surface area contributed by atoms with Crippen LogP contribution in [0.1, 0.15) is 9.67 Å². The van der Waals surface area contributed by atoms with Crippen LogP contribution in [0.15, 0.2) is 30.3 Å². The fourth-order valence-electron chi connectivity index (χ4n) is 0.790. The minimum atomic E-state index is -4.58. The zero-order valence-electron chi connectivity index (χ0n) is 6.38. The van der Waals surface area contributed by atoms with E-state index in [0.29, 0.717) is 5.56 Å². The zero-order valence-corrected chi connectivity index (χ0v) is 8.54. The fourth-order valence-corrected chi connectivity index (χ4v) is 1.49. The van der Waals surface area contributed by atoms with Gasteiger partial charge in [0.25, 0.3) is 0 Å². The Morgan fingerprint density at radius 2 is 1.69 bits per heavy atom. The predicted octanol–water partition coefficient (Wildman–Crippen LogP) is 3.66. The number of benzene rings is 1. The molecule has 1 nitrogen and oxygen atoms in total. The number of hydrogen-bond acceptors (Lipinski definition) is 1. The lowest BCUT2D eigenvalue weighted by molar-refractivity contribution is -0.329. The summed E-state index contributed by atoms with van der Waals surface area (Å²) >= 11 is 1.59. The monoisotopic (exact) mass is 302 g/mol. The van der Waals surface area contributed by atoms with E-state index in [1.807, 2.05) is 0 Å². The Hall–Kier alpha value is -0.300. The molecule has 0 amide bonds. The topological polar surface area (TPSA) is 9.23 Å². The van der Waals surface area contributed by atoms with Crippen LogP contribution in [0.3, 0.4) is 0 Å². The Balaban J connectivity index is 2.64. The molecule has 0 saturated heterocycles. The Bertz CT molecular complexity index is 260. The molecule has 1 aromatic rings. The Labute approximate surface area is 87.0 Å². The van der Waals surface area contributed by atoms with Gasteiger partial charge in [-0.1, -0.05) is 30.3 Å². The van der Waals surface area contributed by atoms with Crippen LogP contribution in [-0.2, 0) is 4.74 Å². The van der Waals surface area contributed by atoms with Gasteiger partial charge in [0.15, 0.2) is 0 Å². The smallest absolute Gasteiger partial charge is 0.273 e. The van der Waals surface area contributed by atoms with Crippen molar-refractivity contribution < 1.29 is 17.9 Å². The van der Waals surface area contributed by atoms with Crippen molar-refractivity contribution in [2.24, 2.45) is 0 Å². The van der Waals surface area contributed by atoms with Crippen molar-refractivity contribution in [1.82, 2.24) is 0 Å². The minimum absolute atomic E-state index is 0.500. The van der Waals surface area contributed by atoms with Gasteiger partial charge in [-0.25, -0.2) is 0 Å². The van der Waals surface area contributed by atoms with Crippen molar-refractivity contribution in [3.63, 3.8) is 0 Å².